The van der Waals surface area contributed by atoms with Crippen molar-refractivity contribution in [3.8, 4) is 0 Å². The fourth-order valence-corrected chi connectivity index (χ4v) is 3.09. The van der Waals surface area contributed by atoms with Gasteiger partial charge in [0.25, 0.3) is 0 Å². The molecule has 0 bridgehead atoms. The van der Waals surface area contributed by atoms with Gasteiger partial charge in [-0.1, -0.05) is 6.07 Å². The summed E-state index contributed by atoms with van der Waals surface area (Å²) in [6.45, 7) is 1.33. The van der Waals surface area contributed by atoms with Crippen molar-refractivity contribution < 1.29 is 22.8 Å². The first-order chi connectivity index (χ1) is 13.9. The van der Waals surface area contributed by atoms with E-state index in [0.29, 0.717) is 38.2 Å². The molecule has 2 aromatic rings. The van der Waals surface area contributed by atoms with Gasteiger partial charge in [-0.3, -0.25) is 0 Å². The summed E-state index contributed by atoms with van der Waals surface area (Å²) in [7, 11) is 0. The molecular formula is C20H21F3N4O2. The van der Waals surface area contributed by atoms with Gasteiger partial charge in [-0.05, 0) is 55.2 Å². The highest BCUT2D eigenvalue weighted by Crippen LogP contribution is 2.19. The Hall–Kier alpha value is -3.23. The maximum absolute atomic E-state index is 13.6. The molecule has 0 atom stereocenters. The number of piperidine rings is 1. The van der Waals surface area contributed by atoms with Crippen LogP contribution in [0.25, 0.3) is 0 Å². The molecule has 29 heavy (non-hydrogen) atoms. The molecule has 0 unspecified atom stereocenters. The first kappa shape index (κ1) is 20.5. The Morgan fingerprint density at radius 3 is 2.17 bits per heavy atom. The molecule has 0 spiro atoms. The van der Waals surface area contributed by atoms with E-state index in [-0.39, 0.29) is 17.8 Å². The van der Waals surface area contributed by atoms with Crippen molar-refractivity contribution in [1.29, 1.82) is 0 Å². The highest BCUT2D eigenvalue weighted by atomic mass is 19.1. The van der Waals surface area contributed by atoms with E-state index in [4.69, 9.17) is 0 Å². The number of halogens is 3. The van der Waals surface area contributed by atoms with Crippen LogP contribution < -0.4 is 16.0 Å². The summed E-state index contributed by atoms with van der Waals surface area (Å²) in [5.74, 6) is -1.93. The summed E-state index contributed by atoms with van der Waals surface area (Å²) in [5, 5.41) is 7.49. The number of urea groups is 2. The molecule has 3 N–H and O–H groups in total. The maximum Gasteiger partial charge on any atom is 0.321 e. The van der Waals surface area contributed by atoms with Gasteiger partial charge in [0, 0.05) is 25.3 Å². The molecule has 4 amide bonds. The van der Waals surface area contributed by atoms with Crippen molar-refractivity contribution in [3.05, 3.63) is 59.9 Å². The second-order valence-corrected chi connectivity index (χ2v) is 6.80. The average Bonchev–Trinajstić information content (AvgIpc) is 2.71. The number of hydrogen-bond acceptors (Lipinski definition) is 2. The van der Waals surface area contributed by atoms with Crippen molar-refractivity contribution in [2.45, 2.75) is 12.8 Å². The minimum atomic E-state index is -0.847. The molecular weight excluding hydrogens is 385 g/mol. The van der Waals surface area contributed by atoms with Crippen LogP contribution in [0.2, 0.25) is 0 Å². The Morgan fingerprint density at radius 1 is 0.931 bits per heavy atom. The average molecular weight is 406 g/mol. The van der Waals surface area contributed by atoms with Crippen LogP contribution in [0, 0.1) is 23.4 Å². The molecule has 154 valence electrons. The minimum Gasteiger partial charge on any atom is -0.338 e. The quantitative estimate of drug-likeness (QED) is 0.713. The third-order valence-electron chi connectivity index (χ3n) is 4.75. The molecule has 6 nitrogen and oxygen atoms in total. The van der Waals surface area contributed by atoms with E-state index in [1.54, 1.807) is 4.90 Å². The summed E-state index contributed by atoms with van der Waals surface area (Å²) in [6, 6.07) is 7.89. The minimum absolute atomic E-state index is 0.140. The molecule has 1 fully saturated rings. The number of carbonyl (C=O) groups excluding carboxylic acids is 2. The number of benzene rings is 2. The number of likely N-dealkylation sites (tertiary alicyclic amines) is 1. The zero-order valence-electron chi connectivity index (χ0n) is 15.6. The predicted octanol–water partition coefficient (Wildman–Crippen LogP) is 4.17. The van der Waals surface area contributed by atoms with Crippen LogP contribution in [0.5, 0.6) is 0 Å². The third-order valence-corrected chi connectivity index (χ3v) is 4.75. The maximum atomic E-state index is 13.6. The van der Waals surface area contributed by atoms with Crippen molar-refractivity contribution in [3.63, 3.8) is 0 Å². The van der Waals surface area contributed by atoms with Crippen molar-refractivity contribution in [2.75, 3.05) is 30.3 Å². The van der Waals surface area contributed by atoms with Crippen LogP contribution in [0.15, 0.2) is 42.5 Å². The van der Waals surface area contributed by atoms with E-state index in [1.807, 2.05) is 0 Å². The molecule has 0 radical (unpaired) electrons. The van der Waals surface area contributed by atoms with E-state index in [9.17, 15) is 22.8 Å². The molecule has 0 saturated carbocycles. The third kappa shape index (κ3) is 5.63. The molecule has 1 aliphatic rings. The number of amides is 4. The zero-order chi connectivity index (χ0) is 20.8. The lowest BCUT2D eigenvalue weighted by molar-refractivity contribution is 0.181. The van der Waals surface area contributed by atoms with Gasteiger partial charge in [0.05, 0.1) is 0 Å². The van der Waals surface area contributed by atoms with Crippen LogP contribution in [0.1, 0.15) is 12.8 Å². The number of carbonyl (C=O) groups is 2. The number of nitrogens with zero attached hydrogens (tertiary/aromatic N) is 1. The highest BCUT2D eigenvalue weighted by molar-refractivity contribution is 5.90. The monoisotopic (exact) mass is 406 g/mol. The lowest BCUT2D eigenvalue weighted by Gasteiger charge is -2.32. The number of nitrogens with one attached hydrogen (secondary N) is 3. The van der Waals surface area contributed by atoms with Crippen molar-refractivity contribution in [1.82, 2.24) is 10.2 Å². The summed E-state index contributed by atoms with van der Waals surface area (Å²) in [4.78, 5) is 25.8. The van der Waals surface area contributed by atoms with Gasteiger partial charge in [-0.15, -0.1) is 0 Å². The van der Waals surface area contributed by atoms with E-state index in [0.717, 1.165) is 12.1 Å². The molecule has 0 aliphatic carbocycles. The topological polar surface area (TPSA) is 73.5 Å². The Balaban J connectivity index is 1.41. The van der Waals surface area contributed by atoms with Gasteiger partial charge in [-0.2, -0.15) is 0 Å². The standard InChI is InChI=1S/C20H21F3N4O2/c21-14-4-6-15(7-5-14)25-20(29)27-10-8-13(9-11-27)12-24-19(28)26-18-16(22)2-1-3-17(18)23/h1-7,13H,8-12H2,(H,25,29)(H2,24,26,28). The van der Waals surface area contributed by atoms with Gasteiger partial charge >= 0.3 is 12.1 Å². The van der Waals surface area contributed by atoms with Crippen molar-refractivity contribution >= 4 is 23.4 Å². The first-order valence-electron chi connectivity index (χ1n) is 9.22. The first-order valence-corrected chi connectivity index (χ1v) is 9.22. The van der Waals surface area contributed by atoms with E-state index in [2.05, 4.69) is 16.0 Å². The van der Waals surface area contributed by atoms with Crippen molar-refractivity contribution in [2.24, 2.45) is 5.92 Å². The number of rotatable bonds is 4. The number of anilines is 2. The predicted molar refractivity (Wildman–Crippen MR) is 103 cm³/mol. The number of para-hydroxylation sites is 1. The second-order valence-electron chi connectivity index (χ2n) is 6.80. The Kier molecular flexibility index (Phi) is 6.58. The van der Waals surface area contributed by atoms with Crippen LogP contribution in [-0.4, -0.2) is 36.6 Å². The van der Waals surface area contributed by atoms with Gasteiger partial charge in [0.1, 0.15) is 23.1 Å². The van der Waals surface area contributed by atoms with E-state index < -0.39 is 23.4 Å². The fraction of sp³-hybridized carbons (Fsp3) is 0.300. The lowest BCUT2D eigenvalue weighted by atomic mass is 9.97. The summed E-state index contributed by atoms with van der Waals surface area (Å²) < 4.78 is 40.0. The van der Waals surface area contributed by atoms with Gasteiger partial charge in [0.15, 0.2) is 0 Å². The Morgan fingerprint density at radius 2 is 1.55 bits per heavy atom. The van der Waals surface area contributed by atoms with Crippen LogP contribution >= 0.6 is 0 Å². The molecule has 9 heteroatoms. The molecule has 1 heterocycles. The van der Waals surface area contributed by atoms with Crippen LogP contribution in [-0.2, 0) is 0 Å². The molecule has 2 aromatic carbocycles. The van der Waals surface area contributed by atoms with E-state index in [1.165, 1.54) is 30.3 Å². The summed E-state index contributed by atoms with van der Waals surface area (Å²) in [5.41, 5.74) is 0.0227. The van der Waals surface area contributed by atoms with Gasteiger partial charge < -0.3 is 20.9 Å². The second kappa shape index (κ2) is 9.31. The largest absolute Gasteiger partial charge is 0.338 e. The smallest absolute Gasteiger partial charge is 0.321 e. The zero-order valence-corrected chi connectivity index (χ0v) is 15.6. The molecule has 3 rings (SSSR count). The Labute approximate surface area is 166 Å². The number of hydrogen-bond donors (Lipinski definition) is 3. The molecule has 0 aromatic heterocycles. The molecule has 1 aliphatic heterocycles. The lowest BCUT2D eigenvalue weighted by Crippen LogP contribution is -2.43. The van der Waals surface area contributed by atoms with Gasteiger partial charge in [0.2, 0.25) is 0 Å². The van der Waals surface area contributed by atoms with Gasteiger partial charge in [-0.25, -0.2) is 22.8 Å². The normalized spacial score (nSPS) is 14.4. The molecule has 1 saturated heterocycles. The van der Waals surface area contributed by atoms with Crippen LogP contribution in [0.3, 0.4) is 0 Å². The highest BCUT2D eigenvalue weighted by Gasteiger charge is 2.23. The summed E-state index contributed by atoms with van der Waals surface area (Å²) in [6.07, 6.45) is 1.34. The Bertz CT molecular complexity index is 848. The van der Waals surface area contributed by atoms with E-state index >= 15 is 0 Å². The SMILES string of the molecule is O=C(NCC1CCN(C(=O)Nc2ccc(F)cc2)CC1)Nc1c(F)cccc1F. The summed E-state index contributed by atoms with van der Waals surface area (Å²) >= 11 is 0. The van der Waals surface area contributed by atoms with Crippen LogP contribution in [0.4, 0.5) is 34.1 Å². The fourth-order valence-electron chi connectivity index (χ4n) is 3.09.